The molecule has 2 atom stereocenters. The Kier molecular flexibility index (Phi) is 4.95. The van der Waals surface area contributed by atoms with Gasteiger partial charge >= 0.3 is 12.1 Å². The molecule has 3 rings (SSSR count). The molecule has 2 unspecified atom stereocenters. The summed E-state index contributed by atoms with van der Waals surface area (Å²) in [5.41, 5.74) is 8.71. The highest BCUT2D eigenvalue weighted by Crippen LogP contribution is 2.62. The highest BCUT2D eigenvalue weighted by atomic mass is 19.4. The Bertz CT molecular complexity index is 1000. The van der Waals surface area contributed by atoms with Crippen molar-refractivity contribution in [3.63, 3.8) is 0 Å². The van der Waals surface area contributed by atoms with Gasteiger partial charge in [-0.3, -0.25) is 9.59 Å². The Morgan fingerprint density at radius 3 is 2.52 bits per heavy atom. The number of carboxylic acid groups (broad SMARTS) is 1. The molecule has 2 aromatic carbocycles. The summed E-state index contributed by atoms with van der Waals surface area (Å²) < 4.78 is 40.0. The lowest BCUT2D eigenvalue weighted by molar-refractivity contribution is -0.140. The molecule has 1 saturated carbocycles. The summed E-state index contributed by atoms with van der Waals surface area (Å²) in [6, 6.07) is 9.30. The van der Waals surface area contributed by atoms with Crippen molar-refractivity contribution >= 4 is 29.7 Å². The normalized spacial score (nSPS) is 20.6. The zero-order valence-electron chi connectivity index (χ0n) is 14.9. The zero-order valence-corrected chi connectivity index (χ0v) is 14.9. The molecule has 1 fully saturated rings. The van der Waals surface area contributed by atoms with Gasteiger partial charge in [-0.1, -0.05) is 18.2 Å². The minimum atomic E-state index is -4.67. The summed E-state index contributed by atoms with van der Waals surface area (Å²) in [7, 11) is 0. The number of amides is 1. The third-order valence-corrected chi connectivity index (χ3v) is 4.89. The number of anilines is 1. The number of carbonyl (C=O) groups is 2. The summed E-state index contributed by atoms with van der Waals surface area (Å²) >= 11 is 0. The Hall–Kier alpha value is -3.56. The van der Waals surface area contributed by atoms with Crippen LogP contribution in [0.2, 0.25) is 0 Å². The summed E-state index contributed by atoms with van der Waals surface area (Å²) in [5.74, 6) is -2.38. The van der Waals surface area contributed by atoms with Crippen LogP contribution in [0.5, 0.6) is 0 Å². The molecule has 0 saturated heterocycles. The van der Waals surface area contributed by atoms with Gasteiger partial charge in [-0.15, -0.1) is 0 Å². The fraction of sp³-hybridized carbons (Fsp3) is 0.211. The van der Waals surface area contributed by atoms with E-state index in [1.54, 1.807) is 12.1 Å². The SMILES string of the molecule is NC(N)=Nc1cc(C2CC2(C(=O)O)c2ccccc2NC=O)cc(C(F)(F)F)c1. The lowest BCUT2D eigenvalue weighted by atomic mass is 9.89. The van der Waals surface area contributed by atoms with Crippen LogP contribution in [-0.2, 0) is 21.2 Å². The van der Waals surface area contributed by atoms with Crippen molar-refractivity contribution < 1.29 is 27.9 Å². The number of para-hydroxylation sites is 1. The number of rotatable bonds is 6. The number of benzene rings is 2. The number of hydrogen-bond donors (Lipinski definition) is 4. The number of hydrogen-bond acceptors (Lipinski definition) is 3. The van der Waals surface area contributed by atoms with E-state index in [0.29, 0.717) is 12.0 Å². The topological polar surface area (TPSA) is 131 Å². The highest BCUT2D eigenvalue weighted by molar-refractivity contribution is 5.91. The molecule has 0 radical (unpaired) electrons. The Labute approximate surface area is 163 Å². The number of halogens is 3. The average Bonchev–Trinajstić information content (AvgIpc) is 3.38. The van der Waals surface area contributed by atoms with Crippen LogP contribution in [0.4, 0.5) is 24.5 Å². The van der Waals surface area contributed by atoms with Crippen molar-refractivity contribution in [1.82, 2.24) is 0 Å². The van der Waals surface area contributed by atoms with E-state index < -0.39 is 35.0 Å². The Morgan fingerprint density at radius 1 is 1.24 bits per heavy atom. The van der Waals surface area contributed by atoms with E-state index in [2.05, 4.69) is 10.3 Å². The van der Waals surface area contributed by atoms with Crippen LogP contribution in [0.1, 0.15) is 29.0 Å². The Morgan fingerprint density at radius 2 is 1.93 bits per heavy atom. The molecule has 6 N–H and O–H groups in total. The van der Waals surface area contributed by atoms with Gasteiger partial charge in [0.15, 0.2) is 5.96 Å². The minimum Gasteiger partial charge on any atom is -0.481 e. The number of nitrogens with one attached hydrogen (secondary N) is 1. The van der Waals surface area contributed by atoms with Crippen molar-refractivity contribution in [2.45, 2.75) is 23.9 Å². The molecule has 0 spiro atoms. The number of nitrogens with two attached hydrogens (primary N) is 2. The average molecular weight is 406 g/mol. The second kappa shape index (κ2) is 7.12. The van der Waals surface area contributed by atoms with Crippen LogP contribution in [0, 0.1) is 0 Å². The van der Waals surface area contributed by atoms with Crippen LogP contribution < -0.4 is 16.8 Å². The number of nitrogens with zero attached hydrogens (tertiary/aromatic N) is 1. The van der Waals surface area contributed by atoms with Crippen LogP contribution in [0.15, 0.2) is 47.5 Å². The molecule has 2 aromatic rings. The van der Waals surface area contributed by atoms with E-state index in [9.17, 15) is 27.9 Å². The number of alkyl halides is 3. The lowest BCUT2D eigenvalue weighted by Crippen LogP contribution is -2.24. The number of carbonyl (C=O) groups excluding carboxylic acids is 1. The van der Waals surface area contributed by atoms with Crippen molar-refractivity contribution in [2.24, 2.45) is 16.5 Å². The molecule has 0 bridgehead atoms. The van der Waals surface area contributed by atoms with Crippen molar-refractivity contribution in [3.05, 3.63) is 59.2 Å². The number of aliphatic carboxylic acids is 1. The van der Waals surface area contributed by atoms with Crippen LogP contribution in [-0.4, -0.2) is 23.4 Å². The fourth-order valence-electron chi connectivity index (χ4n) is 3.59. The van der Waals surface area contributed by atoms with Gasteiger partial charge in [0.2, 0.25) is 6.41 Å². The first-order valence-corrected chi connectivity index (χ1v) is 8.44. The van der Waals surface area contributed by atoms with Crippen molar-refractivity contribution in [3.8, 4) is 0 Å². The number of guanidine groups is 1. The van der Waals surface area contributed by atoms with E-state index in [1.807, 2.05) is 0 Å². The molecule has 0 heterocycles. The van der Waals surface area contributed by atoms with Gasteiger partial charge in [0.25, 0.3) is 0 Å². The molecule has 1 amide bonds. The Balaban J connectivity index is 2.13. The predicted octanol–water partition coefficient (Wildman–Crippen LogP) is 2.69. The predicted molar refractivity (Wildman–Crippen MR) is 99.7 cm³/mol. The second-order valence-electron chi connectivity index (χ2n) is 6.69. The zero-order chi connectivity index (χ0) is 21.4. The molecule has 29 heavy (non-hydrogen) atoms. The molecule has 1 aliphatic rings. The van der Waals surface area contributed by atoms with E-state index in [1.165, 1.54) is 18.2 Å². The monoisotopic (exact) mass is 406 g/mol. The second-order valence-corrected chi connectivity index (χ2v) is 6.69. The van der Waals surface area contributed by atoms with Gasteiger partial charge in [-0.25, -0.2) is 4.99 Å². The van der Waals surface area contributed by atoms with Gasteiger partial charge in [0, 0.05) is 11.6 Å². The van der Waals surface area contributed by atoms with Crippen LogP contribution in [0.3, 0.4) is 0 Å². The van der Waals surface area contributed by atoms with Gasteiger partial charge < -0.3 is 21.9 Å². The lowest BCUT2D eigenvalue weighted by Gasteiger charge is -2.18. The molecule has 0 aliphatic heterocycles. The standard InChI is InChI=1S/C19H17F3N4O3/c20-19(21,22)11-5-10(6-12(7-11)26-17(23)24)14-8-18(14,16(28)29)13-3-1-2-4-15(13)25-9-27/h1-7,9,14H,8H2,(H,25,27)(H,28,29)(H4,23,24,26). The quantitative estimate of drug-likeness (QED) is 0.333. The van der Waals surface area contributed by atoms with Gasteiger partial charge in [-0.05, 0) is 41.8 Å². The minimum absolute atomic E-state index is 0.0580. The smallest absolute Gasteiger partial charge is 0.416 e. The maximum Gasteiger partial charge on any atom is 0.416 e. The third-order valence-electron chi connectivity index (χ3n) is 4.89. The first-order valence-electron chi connectivity index (χ1n) is 8.44. The third kappa shape index (κ3) is 3.73. The molecule has 7 nitrogen and oxygen atoms in total. The largest absolute Gasteiger partial charge is 0.481 e. The van der Waals surface area contributed by atoms with Gasteiger partial charge in [-0.2, -0.15) is 13.2 Å². The van der Waals surface area contributed by atoms with E-state index >= 15 is 0 Å². The first-order chi connectivity index (χ1) is 13.6. The molecular formula is C19H17F3N4O3. The molecule has 152 valence electrons. The highest BCUT2D eigenvalue weighted by Gasteiger charge is 2.63. The van der Waals surface area contributed by atoms with Crippen LogP contribution >= 0.6 is 0 Å². The summed E-state index contributed by atoms with van der Waals surface area (Å²) in [6.45, 7) is 0. The van der Waals surface area contributed by atoms with E-state index in [4.69, 9.17) is 11.5 Å². The van der Waals surface area contributed by atoms with Crippen molar-refractivity contribution in [2.75, 3.05) is 5.32 Å². The molecule has 1 aliphatic carbocycles. The maximum atomic E-state index is 13.3. The van der Waals surface area contributed by atoms with E-state index in [0.717, 1.165) is 12.1 Å². The van der Waals surface area contributed by atoms with Crippen molar-refractivity contribution in [1.29, 1.82) is 0 Å². The van der Waals surface area contributed by atoms with Gasteiger partial charge in [0.1, 0.15) is 5.41 Å². The first kappa shape index (κ1) is 20.2. The molecular weight excluding hydrogens is 389 g/mol. The number of aliphatic imine (C=N–C) groups is 1. The molecule has 0 aromatic heterocycles. The molecule has 10 heteroatoms. The fourth-order valence-corrected chi connectivity index (χ4v) is 3.59. The number of carboxylic acids is 1. The summed E-state index contributed by atoms with van der Waals surface area (Å²) in [6.07, 6.45) is -4.20. The van der Waals surface area contributed by atoms with Gasteiger partial charge in [0.05, 0.1) is 11.3 Å². The van der Waals surface area contributed by atoms with Crippen LogP contribution in [0.25, 0.3) is 0 Å². The van der Waals surface area contributed by atoms with E-state index in [-0.39, 0.29) is 23.4 Å². The summed E-state index contributed by atoms with van der Waals surface area (Å²) in [5, 5.41) is 12.4. The maximum absolute atomic E-state index is 13.3. The summed E-state index contributed by atoms with van der Waals surface area (Å²) in [4.78, 5) is 26.7.